The molecule has 7 nitrogen and oxygen atoms in total. The Morgan fingerprint density at radius 1 is 1.09 bits per heavy atom. The van der Waals surface area contributed by atoms with Crippen LogP contribution in [0.1, 0.15) is 0 Å². The third kappa shape index (κ3) is 5.50. The Bertz CT molecular complexity index is 1150. The van der Waals surface area contributed by atoms with Crippen LogP contribution >= 0.6 is 46.6 Å². The van der Waals surface area contributed by atoms with Crippen molar-refractivity contribution < 1.29 is 14.3 Å². The first-order chi connectivity index (χ1) is 15.4. The molecule has 0 spiro atoms. The van der Waals surface area contributed by atoms with E-state index in [-0.39, 0.29) is 11.7 Å². The van der Waals surface area contributed by atoms with Crippen LogP contribution in [0.25, 0.3) is 11.4 Å². The molecule has 1 aromatic heterocycles. The molecule has 0 saturated heterocycles. The quantitative estimate of drug-likeness (QED) is 0.220. The lowest BCUT2D eigenvalue weighted by Gasteiger charge is -2.11. The van der Waals surface area contributed by atoms with Crippen molar-refractivity contribution >= 4 is 58.2 Å². The number of ether oxygens (including phenoxy) is 2. The molecule has 0 atom stereocenters. The van der Waals surface area contributed by atoms with E-state index in [4.69, 9.17) is 44.3 Å². The zero-order valence-corrected chi connectivity index (χ0v) is 20.3. The van der Waals surface area contributed by atoms with Gasteiger partial charge in [-0.15, -0.1) is 16.8 Å². The summed E-state index contributed by atoms with van der Waals surface area (Å²) in [6.07, 6.45) is 1.73. The Hall–Kier alpha value is -2.39. The highest BCUT2D eigenvalue weighted by Gasteiger charge is 2.17. The molecule has 0 unspecified atom stereocenters. The fourth-order valence-electron chi connectivity index (χ4n) is 2.81. The second-order valence-corrected chi connectivity index (χ2v) is 8.52. The molecule has 0 aliphatic carbocycles. The molecule has 3 rings (SSSR count). The van der Waals surface area contributed by atoms with Crippen LogP contribution in [-0.2, 0) is 11.3 Å². The Labute approximate surface area is 204 Å². The average Bonchev–Trinajstić information content (AvgIpc) is 3.18. The van der Waals surface area contributed by atoms with Gasteiger partial charge in [0.15, 0.2) is 22.5 Å². The zero-order valence-electron chi connectivity index (χ0n) is 17.2. The van der Waals surface area contributed by atoms with E-state index in [1.165, 1.54) is 23.9 Å². The third-order valence-electron chi connectivity index (χ3n) is 4.29. The summed E-state index contributed by atoms with van der Waals surface area (Å²) in [7, 11) is 3.14. The van der Waals surface area contributed by atoms with E-state index in [1.807, 2.05) is 16.7 Å². The van der Waals surface area contributed by atoms with Gasteiger partial charge in [0.25, 0.3) is 0 Å². The highest BCUT2D eigenvalue weighted by atomic mass is 35.5. The summed E-state index contributed by atoms with van der Waals surface area (Å²) in [6.45, 7) is 4.26. The van der Waals surface area contributed by atoms with Gasteiger partial charge in [-0.25, -0.2) is 0 Å². The summed E-state index contributed by atoms with van der Waals surface area (Å²) < 4.78 is 12.5. The Morgan fingerprint density at radius 3 is 2.50 bits per heavy atom. The van der Waals surface area contributed by atoms with Crippen molar-refractivity contribution in [2.75, 3.05) is 25.3 Å². The van der Waals surface area contributed by atoms with Gasteiger partial charge in [0.2, 0.25) is 5.91 Å². The van der Waals surface area contributed by atoms with E-state index in [0.717, 1.165) is 5.56 Å². The van der Waals surface area contributed by atoms with Gasteiger partial charge in [0.05, 0.1) is 40.7 Å². The number of carbonyl (C=O) groups excluding carboxylic acids is 1. The molecule has 0 bridgehead atoms. The van der Waals surface area contributed by atoms with E-state index in [1.54, 1.807) is 26.4 Å². The summed E-state index contributed by atoms with van der Waals surface area (Å²) in [5.41, 5.74) is 1.17. The van der Waals surface area contributed by atoms with Crippen molar-refractivity contribution in [3.63, 3.8) is 0 Å². The van der Waals surface area contributed by atoms with Crippen LogP contribution in [-0.4, -0.2) is 40.6 Å². The molecule has 11 heteroatoms. The standard InChI is InChI=1S/C21H19Cl3N4O3S/c1-4-7-28-20(12-5-6-17(30-2)18(8-12)31-3)26-27-21(28)32-11-19(29)25-16-10-14(23)13(22)9-15(16)24/h4-6,8-10H,1,7,11H2,2-3H3,(H,25,29). The van der Waals surface area contributed by atoms with E-state index in [2.05, 4.69) is 22.1 Å². The molecule has 3 aromatic rings. The van der Waals surface area contributed by atoms with Gasteiger partial charge in [-0.1, -0.05) is 52.6 Å². The average molecular weight is 514 g/mol. The van der Waals surface area contributed by atoms with Crippen LogP contribution in [0, 0.1) is 0 Å². The number of halogens is 3. The Balaban J connectivity index is 1.78. The molecular weight excluding hydrogens is 495 g/mol. The molecule has 32 heavy (non-hydrogen) atoms. The molecule has 1 N–H and O–H groups in total. The number of hydrogen-bond acceptors (Lipinski definition) is 6. The topological polar surface area (TPSA) is 78.3 Å². The monoisotopic (exact) mass is 512 g/mol. The fourth-order valence-corrected chi connectivity index (χ4v) is 4.15. The lowest BCUT2D eigenvalue weighted by Crippen LogP contribution is -2.15. The second-order valence-electron chi connectivity index (χ2n) is 6.36. The second kappa shape index (κ2) is 11.0. The molecule has 0 saturated carbocycles. The number of allylic oxidation sites excluding steroid dienone is 1. The van der Waals surface area contributed by atoms with Crippen molar-refractivity contribution in [3.05, 3.63) is 58.1 Å². The maximum Gasteiger partial charge on any atom is 0.234 e. The minimum atomic E-state index is -0.281. The Morgan fingerprint density at radius 2 is 1.81 bits per heavy atom. The molecule has 0 aliphatic heterocycles. The van der Waals surface area contributed by atoms with Gasteiger partial charge >= 0.3 is 0 Å². The summed E-state index contributed by atoms with van der Waals surface area (Å²) in [4.78, 5) is 12.5. The maximum absolute atomic E-state index is 12.5. The highest BCUT2D eigenvalue weighted by Crippen LogP contribution is 2.34. The number of aromatic nitrogens is 3. The molecule has 1 heterocycles. The van der Waals surface area contributed by atoms with Crippen LogP contribution in [0.5, 0.6) is 11.5 Å². The van der Waals surface area contributed by atoms with E-state index < -0.39 is 0 Å². The summed E-state index contributed by atoms with van der Waals surface area (Å²) in [5.74, 6) is 1.60. The summed E-state index contributed by atoms with van der Waals surface area (Å²) >= 11 is 19.3. The number of thioether (sulfide) groups is 1. The van der Waals surface area contributed by atoms with E-state index in [0.29, 0.717) is 49.8 Å². The van der Waals surface area contributed by atoms with Gasteiger partial charge in [-0.3, -0.25) is 9.36 Å². The van der Waals surface area contributed by atoms with Crippen LogP contribution in [0.3, 0.4) is 0 Å². The lowest BCUT2D eigenvalue weighted by molar-refractivity contribution is -0.113. The van der Waals surface area contributed by atoms with Crippen molar-refractivity contribution in [2.45, 2.75) is 11.7 Å². The number of hydrogen-bond donors (Lipinski definition) is 1. The predicted molar refractivity (Wildman–Crippen MR) is 130 cm³/mol. The maximum atomic E-state index is 12.5. The van der Waals surface area contributed by atoms with Crippen molar-refractivity contribution in [1.82, 2.24) is 14.8 Å². The van der Waals surface area contributed by atoms with E-state index in [9.17, 15) is 4.79 Å². The van der Waals surface area contributed by atoms with Crippen LogP contribution < -0.4 is 14.8 Å². The molecule has 168 valence electrons. The number of rotatable bonds is 9. The number of anilines is 1. The fraction of sp³-hybridized carbons (Fsp3) is 0.190. The highest BCUT2D eigenvalue weighted by molar-refractivity contribution is 7.99. The number of amides is 1. The normalized spacial score (nSPS) is 10.7. The third-order valence-corrected chi connectivity index (χ3v) is 6.29. The van der Waals surface area contributed by atoms with Crippen molar-refractivity contribution in [3.8, 4) is 22.9 Å². The number of nitrogens with zero attached hydrogens (tertiary/aromatic N) is 3. The molecule has 1 amide bonds. The smallest absolute Gasteiger partial charge is 0.234 e. The van der Waals surface area contributed by atoms with Crippen LogP contribution in [0.4, 0.5) is 5.69 Å². The van der Waals surface area contributed by atoms with Crippen LogP contribution in [0.15, 0.2) is 48.1 Å². The lowest BCUT2D eigenvalue weighted by atomic mass is 10.2. The van der Waals surface area contributed by atoms with Crippen molar-refractivity contribution in [1.29, 1.82) is 0 Å². The first-order valence-electron chi connectivity index (χ1n) is 9.21. The molecule has 0 aliphatic rings. The molecule has 0 fully saturated rings. The van der Waals surface area contributed by atoms with Crippen molar-refractivity contribution in [2.24, 2.45) is 0 Å². The van der Waals surface area contributed by atoms with Crippen LogP contribution in [0.2, 0.25) is 15.1 Å². The number of methoxy groups -OCH3 is 2. The molecule has 0 radical (unpaired) electrons. The minimum absolute atomic E-state index is 0.0811. The number of benzene rings is 2. The van der Waals surface area contributed by atoms with Gasteiger partial charge in [-0.05, 0) is 30.3 Å². The first kappa shape index (κ1) is 24.3. The minimum Gasteiger partial charge on any atom is -0.493 e. The Kier molecular flexibility index (Phi) is 8.31. The molecular formula is C21H19Cl3N4O3S. The van der Waals surface area contributed by atoms with Gasteiger partial charge in [0, 0.05) is 12.1 Å². The first-order valence-corrected chi connectivity index (χ1v) is 11.3. The van der Waals surface area contributed by atoms with Gasteiger partial charge in [0.1, 0.15) is 0 Å². The van der Waals surface area contributed by atoms with Gasteiger partial charge < -0.3 is 14.8 Å². The largest absolute Gasteiger partial charge is 0.493 e. The van der Waals surface area contributed by atoms with Gasteiger partial charge in [-0.2, -0.15) is 0 Å². The summed E-state index contributed by atoms with van der Waals surface area (Å²) in [6, 6.07) is 8.45. The molecule has 2 aromatic carbocycles. The summed E-state index contributed by atoms with van der Waals surface area (Å²) in [5, 5.41) is 12.7. The number of nitrogens with one attached hydrogen (secondary N) is 1. The van der Waals surface area contributed by atoms with E-state index >= 15 is 0 Å². The number of carbonyl (C=O) groups is 1. The SMILES string of the molecule is C=CCn1c(SCC(=O)Nc2cc(Cl)c(Cl)cc2Cl)nnc1-c1ccc(OC)c(OC)c1. The zero-order chi connectivity index (χ0) is 23.3. The predicted octanol–water partition coefficient (Wildman–Crippen LogP) is 5.84.